The first kappa shape index (κ1) is 16.5. The van der Waals surface area contributed by atoms with Gasteiger partial charge < -0.3 is 10.5 Å². The molecule has 1 aromatic carbocycles. The molecule has 0 radical (unpaired) electrons. The minimum absolute atomic E-state index is 0.0637. The Balaban J connectivity index is 3.29. The first-order chi connectivity index (χ1) is 8.94. The Morgan fingerprint density at radius 3 is 2.05 bits per heavy atom. The SMILES string of the molecule is Cc1cccc(C(N)=S)c1OC(C(F)(F)F)C(F)(F)F. The first-order valence-electron chi connectivity index (χ1n) is 5.14. The number of nitrogens with two attached hydrogens (primary N) is 1. The normalized spacial score (nSPS) is 12.6. The summed E-state index contributed by atoms with van der Waals surface area (Å²) in [6.45, 7) is 1.29. The van der Waals surface area contributed by atoms with Crippen molar-refractivity contribution in [2.75, 3.05) is 0 Å². The van der Waals surface area contributed by atoms with Crippen LogP contribution in [0.2, 0.25) is 0 Å². The van der Waals surface area contributed by atoms with Crippen LogP contribution in [0, 0.1) is 6.92 Å². The molecule has 2 N–H and O–H groups in total. The zero-order chi connectivity index (χ0) is 15.7. The third-order valence-corrected chi connectivity index (χ3v) is 2.53. The molecular formula is C11H9F6NOS. The lowest BCUT2D eigenvalue weighted by Gasteiger charge is -2.25. The van der Waals surface area contributed by atoms with Gasteiger partial charge in [0.25, 0.3) is 6.10 Å². The van der Waals surface area contributed by atoms with Crippen LogP contribution in [0.15, 0.2) is 18.2 Å². The Morgan fingerprint density at radius 2 is 1.65 bits per heavy atom. The van der Waals surface area contributed by atoms with E-state index in [-0.39, 0.29) is 16.1 Å². The van der Waals surface area contributed by atoms with E-state index in [9.17, 15) is 26.3 Å². The number of rotatable bonds is 3. The molecule has 0 aliphatic carbocycles. The maximum Gasteiger partial charge on any atom is 0.434 e. The molecule has 20 heavy (non-hydrogen) atoms. The van der Waals surface area contributed by atoms with Gasteiger partial charge in [-0.25, -0.2) is 0 Å². The molecule has 112 valence electrons. The van der Waals surface area contributed by atoms with Crippen LogP contribution in [0.25, 0.3) is 0 Å². The number of alkyl halides is 6. The van der Waals surface area contributed by atoms with E-state index in [4.69, 9.17) is 5.73 Å². The quantitative estimate of drug-likeness (QED) is 0.684. The fraction of sp³-hybridized carbons (Fsp3) is 0.364. The zero-order valence-electron chi connectivity index (χ0n) is 9.97. The number of aryl methyl sites for hydroxylation is 1. The van der Waals surface area contributed by atoms with Crippen molar-refractivity contribution in [2.45, 2.75) is 25.4 Å². The maximum atomic E-state index is 12.5. The number of hydrogen-bond acceptors (Lipinski definition) is 2. The third kappa shape index (κ3) is 3.75. The second kappa shape index (κ2) is 5.47. The predicted molar refractivity (Wildman–Crippen MR) is 63.6 cm³/mol. The van der Waals surface area contributed by atoms with Crippen LogP contribution in [0.1, 0.15) is 11.1 Å². The van der Waals surface area contributed by atoms with Gasteiger partial charge >= 0.3 is 12.4 Å². The monoisotopic (exact) mass is 317 g/mol. The number of thiocarbonyl (C=S) groups is 1. The number of halogens is 6. The van der Waals surface area contributed by atoms with Gasteiger partial charge in [0.15, 0.2) is 0 Å². The summed E-state index contributed by atoms with van der Waals surface area (Å²) in [5, 5.41) is 0. The molecule has 0 heterocycles. The summed E-state index contributed by atoms with van der Waals surface area (Å²) < 4.78 is 78.9. The highest BCUT2D eigenvalue weighted by Crippen LogP contribution is 2.38. The van der Waals surface area contributed by atoms with E-state index >= 15 is 0 Å². The summed E-state index contributed by atoms with van der Waals surface area (Å²) in [6, 6.07) is 3.88. The van der Waals surface area contributed by atoms with Crippen LogP contribution in [0.4, 0.5) is 26.3 Å². The number of ether oxygens (including phenoxy) is 1. The van der Waals surface area contributed by atoms with Gasteiger partial charge in [0, 0.05) is 0 Å². The molecule has 0 aliphatic rings. The predicted octanol–water partition coefficient (Wildman–Crippen LogP) is 3.50. The van der Waals surface area contributed by atoms with Crippen LogP contribution in [0.5, 0.6) is 5.75 Å². The highest BCUT2D eigenvalue weighted by atomic mass is 32.1. The molecule has 0 saturated carbocycles. The molecule has 0 spiro atoms. The van der Waals surface area contributed by atoms with E-state index < -0.39 is 24.2 Å². The minimum atomic E-state index is -5.60. The highest BCUT2D eigenvalue weighted by Gasteiger charge is 2.59. The molecule has 0 atom stereocenters. The van der Waals surface area contributed by atoms with Crippen molar-refractivity contribution in [1.82, 2.24) is 0 Å². The minimum Gasteiger partial charge on any atom is -0.470 e. The second-order valence-corrected chi connectivity index (χ2v) is 4.34. The fourth-order valence-electron chi connectivity index (χ4n) is 1.44. The van der Waals surface area contributed by atoms with Crippen molar-refractivity contribution in [2.24, 2.45) is 5.73 Å². The molecule has 9 heteroatoms. The summed E-state index contributed by atoms with van der Waals surface area (Å²) in [5.74, 6) is -0.625. The number of hydrogen-bond donors (Lipinski definition) is 1. The van der Waals surface area contributed by atoms with Crippen LogP contribution in [-0.2, 0) is 0 Å². The molecular weight excluding hydrogens is 308 g/mol. The van der Waals surface area contributed by atoms with Gasteiger partial charge in [-0.3, -0.25) is 0 Å². The standard InChI is InChI=1S/C11H9F6NOS/c1-5-3-2-4-6(8(18)20)7(5)19-9(10(12,13)14)11(15,16)17/h2-4,9H,1H3,(H2,18,20). The topological polar surface area (TPSA) is 35.2 Å². The molecule has 1 aromatic rings. The molecule has 0 aliphatic heterocycles. The van der Waals surface area contributed by atoms with E-state index in [0.29, 0.717) is 0 Å². The van der Waals surface area contributed by atoms with Gasteiger partial charge in [0.05, 0.1) is 5.56 Å². The average Bonchev–Trinajstić information content (AvgIpc) is 2.23. The Morgan fingerprint density at radius 1 is 1.15 bits per heavy atom. The van der Waals surface area contributed by atoms with Crippen molar-refractivity contribution in [3.8, 4) is 5.75 Å². The smallest absolute Gasteiger partial charge is 0.434 e. The molecule has 2 nitrogen and oxygen atoms in total. The number of benzene rings is 1. The Hall–Kier alpha value is -1.51. The molecule has 0 unspecified atom stereocenters. The van der Waals surface area contributed by atoms with Gasteiger partial charge in [0.2, 0.25) is 0 Å². The fourth-order valence-corrected chi connectivity index (χ4v) is 1.60. The van der Waals surface area contributed by atoms with Crippen LogP contribution >= 0.6 is 12.2 Å². The van der Waals surface area contributed by atoms with E-state index in [1.807, 2.05) is 0 Å². The molecule has 0 aromatic heterocycles. The lowest BCUT2D eigenvalue weighted by atomic mass is 10.1. The van der Waals surface area contributed by atoms with E-state index in [1.54, 1.807) is 0 Å². The Bertz CT molecular complexity index is 497. The lowest BCUT2D eigenvalue weighted by molar-refractivity contribution is -0.300. The molecule has 0 bridgehead atoms. The zero-order valence-corrected chi connectivity index (χ0v) is 10.8. The van der Waals surface area contributed by atoms with Crippen LogP contribution in [0.3, 0.4) is 0 Å². The van der Waals surface area contributed by atoms with Crippen molar-refractivity contribution >= 4 is 17.2 Å². The van der Waals surface area contributed by atoms with Crippen LogP contribution in [-0.4, -0.2) is 23.4 Å². The molecule has 0 saturated heterocycles. The summed E-state index contributed by atoms with van der Waals surface area (Å²) in [4.78, 5) is -0.355. The van der Waals surface area contributed by atoms with Crippen molar-refractivity contribution in [1.29, 1.82) is 0 Å². The van der Waals surface area contributed by atoms with Crippen molar-refractivity contribution < 1.29 is 31.1 Å². The van der Waals surface area contributed by atoms with Gasteiger partial charge in [0.1, 0.15) is 10.7 Å². The van der Waals surface area contributed by atoms with E-state index in [1.165, 1.54) is 25.1 Å². The second-order valence-electron chi connectivity index (χ2n) is 3.90. The van der Waals surface area contributed by atoms with Gasteiger partial charge in [-0.15, -0.1) is 0 Å². The first-order valence-corrected chi connectivity index (χ1v) is 5.55. The van der Waals surface area contributed by atoms with Gasteiger partial charge in [-0.2, -0.15) is 26.3 Å². The highest BCUT2D eigenvalue weighted by molar-refractivity contribution is 7.80. The maximum absolute atomic E-state index is 12.5. The molecule has 1 rings (SSSR count). The molecule has 0 fully saturated rings. The Kier molecular flexibility index (Phi) is 4.52. The van der Waals surface area contributed by atoms with E-state index in [0.717, 1.165) is 0 Å². The average molecular weight is 317 g/mol. The number of para-hydroxylation sites is 1. The van der Waals surface area contributed by atoms with Gasteiger partial charge in [-0.05, 0) is 18.6 Å². The summed E-state index contributed by atoms with van der Waals surface area (Å²) in [6.07, 6.45) is -15.1. The Labute approximate surface area is 115 Å². The van der Waals surface area contributed by atoms with Crippen LogP contribution < -0.4 is 10.5 Å². The summed E-state index contributed by atoms with van der Waals surface area (Å²) in [5.41, 5.74) is 5.15. The lowest BCUT2D eigenvalue weighted by Crippen LogP contribution is -2.47. The summed E-state index contributed by atoms with van der Waals surface area (Å²) in [7, 11) is 0. The van der Waals surface area contributed by atoms with Gasteiger partial charge in [-0.1, -0.05) is 24.4 Å². The van der Waals surface area contributed by atoms with Crippen molar-refractivity contribution in [3.63, 3.8) is 0 Å². The van der Waals surface area contributed by atoms with Crippen molar-refractivity contribution in [3.05, 3.63) is 29.3 Å². The third-order valence-electron chi connectivity index (χ3n) is 2.31. The largest absolute Gasteiger partial charge is 0.470 e. The summed E-state index contributed by atoms with van der Waals surface area (Å²) >= 11 is 4.58. The molecule has 0 amide bonds. The van der Waals surface area contributed by atoms with E-state index in [2.05, 4.69) is 17.0 Å².